The number of halogens is 3. The Bertz CT molecular complexity index is 1340. The number of piperazine rings is 1. The van der Waals surface area contributed by atoms with Crippen molar-refractivity contribution in [3.05, 3.63) is 95.8 Å². The molecule has 1 aromatic heterocycles. The van der Waals surface area contributed by atoms with Crippen molar-refractivity contribution in [3.63, 3.8) is 0 Å². The van der Waals surface area contributed by atoms with Gasteiger partial charge >= 0.3 is 12.2 Å². The summed E-state index contributed by atoms with van der Waals surface area (Å²) in [5.41, 5.74) is 2.56. The molecule has 2 heterocycles. The molecular weight excluding hydrogens is 467 g/mol. The maximum absolute atomic E-state index is 13.0. The van der Waals surface area contributed by atoms with E-state index in [4.69, 9.17) is 4.98 Å². The summed E-state index contributed by atoms with van der Waals surface area (Å²) in [7, 11) is 0. The van der Waals surface area contributed by atoms with E-state index in [0.29, 0.717) is 32.7 Å². The van der Waals surface area contributed by atoms with E-state index in [1.807, 2.05) is 36.4 Å². The van der Waals surface area contributed by atoms with Gasteiger partial charge in [0.05, 0.1) is 23.1 Å². The molecule has 9 heteroatoms. The minimum Gasteiger partial charge on any atom is -0.322 e. The first kappa shape index (κ1) is 23.9. The second-order valence-electron chi connectivity index (χ2n) is 8.86. The van der Waals surface area contributed by atoms with Crippen LogP contribution in [0.3, 0.4) is 0 Å². The quantitative estimate of drug-likeness (QED) is 0.402. The summed E-state index contributed by atoms with van der Waals surface area (Å²) in [6, 6.07) is 22.6. The molecule has 1 fully saturated rings. The summed E-state index contributed by atoms with van der Waals surface area (Å²) >= 11 is 0. The Hall–Kier alpha value is -3.85. The number of fused-ring (bicyclic) bond motifs is 1. The minimum atomic E-state index is -4.45. The number of hydrogen-bond acceptors (Lipinski definition) is 3. The molecule has 1 aliphatic heterocycles. The van der Waals surface area contributed by atoms with E-state index in [1.54, 1.807) is 4.90 Å². The van der Waals surface area contributed by atoms with Crippen LogP contribution >= 0.6 is 0 Å². The van der Waals surface area contributed by atoms with Gasteiger partial charge in [-0.2, -0.15) is 13.2 Å². The van der Waals surface area contributed by atoms with E-state index in [9.17, 15) is 18.0 Å². The highest BCUT2D eigenvalue weighted by Gasteiger charge is 2.31. The lowest BCUT2D eigenvalue weighted by Gasteiger charge is -2.34. The molecule has 2 amide bonds. The average molecular weight is 494 g/mol. The fraction of sp³-hybridized carbons (Fsp3) is 0.259. The monoisotopic (exact) mass is 493 g/mol. The van der Waals surface area contributed by atoms with E-state index >= 15 is 0 Å². The Morgan fingerprint density at radius 3 is 2.33 bits per heavy atom. The van der Waals surface area contributed by atoms with Crippen molar-refractivity contribution in [1.82, 2.24) is 19.4 Å². The number of benzene rings is 3. The van der Waals surface area contributed by atoms with Gasteiger partial charge in [-0.1, -0.05) is 48.5 Å². The number of para-hydroxylation sites is 2. The Morgan fingerprint density at radius 1 is 0.861 bits per heavy atom. The highest BCUT2D eigenvalue weighted by Crippen LogP contribution is 2.30. The molecule has 1 N–H and O–H groups in total. The molecule has 0 aliphatic carbocycles. The van der Waals surface area contributed by atoms with Crippen molar-refractivity contribution in [2.24, 2.45) is 0 Å². The summed E-state index contributed by atoms with van der Waals surface area (Å²) in [5.74, 6) is 0.960. The number of nitrogens with one attached hydrogen (secondary N) is 1. The van der Waals surface area contributed by atoms with Gasteiger partial charge in [0.25, 0.3) is 0 Å². The van der Waals surface area contributed by atoms with Crippen LogP contribution in [0.1, 0.15) is 17.0 Å². The van der Waals surface area contributed by atoms with E-state index in [-0.39, 0.29) is 5.69 Å². The molecule has 1 aliphatic rings. The largest absolute Gasteiger partial charge is 0.416 e. The number of rotatable bonds is 5. The smallest absolute Gasteiger partial charge is 0.322 e. The van der Waals surface area contributed by atoms with E-state index in [2.05, 4.69) is 33.0 Å². The van der Waals surface area contributed by atoms with Crippen molar-refractivity contribution in [2.75, 3.05) is 31.5 Å². The van der Waals surface area contributed by atoms with E-state index < -0.39 is 17.8 Å². The van der Waals surface area contributed by atoms with Gasteiger partial charge in [-0.25, -0.2) is 9.78 Å². The maximum atomic E-state index is 13.0. The van der Waals surface area contributed by atoms with E-state index in [1.165, 1.54) is 17.7 Å². The number of anilines is 1. The number of carbonyl (C=O) groups excluding carboxylic acids is 1. The summed E-state index contributed by atoms with van der Waals surface area (Å²) in [6.45, 7) is 3.60. The van der Waals surface area contributed by atoms with Gasteiger partial charge in [0.2, 0.25) is 0 Å². The second-order valence-corrected chi connectivity index (χ2v) is 8.86. The summed E-state index contributed by atoms with van der Waals surface area (Å²) in [6.07, 6.45) is -4.45. The number of urea groups is 1. The Balaban J connectivity index is 1.23. The van der Waals surface area contributed by atoms with Crippen LogP contribution in [0.15, 0.2) is 78.9 Å². The van der Waals surface area contributed by atoms with Crippen LogP contribution in [0, 0.1) is 0 Å². The first-order valence-electron chi connectivity index (χ1n) is 11.8. The molecular formula is C27H26F3N5O. The number of imidazole rings is 1. The Kier molecular flexibility index (Phi) is 6.65. The predicted octanol–water partition coefficient (Wildman–Crippen LogP) is 5.45. The van der Waals surface area contributed by atoms with Crippen LogP contribution < -0.4 is 5.32 Å². The third-order valence-electron chi connectivity index (χ3n) is 6.38. The number of amides is 2. The third kappa shape index (κ3) is 5.36. The predicted molar refractivity (Wildman–Crippen MR) is 133 cm³/mol. The van der Waals surface area contributed by atoms with Crippen LogP contribution in [0.4, 0.5) is 23.7 Å². The van der Waals surface area contributed by atoms with Gasteiger partial charge in [0.1, 0.15) is 5.82 Å². The maximum Gasteiger partial charge on any atom is 0.416 e. The van der Waals surface area contributed by atoms with Crippen molar-refractivity contribution >= 4 is 22.8 Å². The number of carbonyl (C=O) groups is 1. The second kappa shape index (κ2) is 10.0. The van der Waals surface area contributed by atoms with Crippen LogP contribution in [0.2, 0.25) is 0 Å². The van der Waals surface area contributed by atoms with Crippen molar-refractivity contribution in [3.8, 4) is 0 Å². The summed E-state index contributed by atoms with van der Waals surface area (Å²) in [4.78, 5) is 21.4. The van der Waals surface area contributed by atoms with Crippen molar-refractivity contribution in [2.45, 2.75) is 19.3 Å². The topological polar surface area (TPSA) is 53.4 Å². The van der Waals surface area contributed by atoms with E-state index in [0.717, 1.165) is 35.5 Å². The zero-order valence-corrected chi connectivity index (χ0v) is 19.6. The fourth-order valence-electron chi connectivity index (χ4n) is 4.47. The molecule has 6 nitrogen and oxygen atoms in total. The molecule has 0 saturated carbocycles. The number of aromatic nitrogens is 2. The highest BCUT2D eigenvalue weighted by molar-refractivity contribution is 5.89. The first-order chi connectivity index (χ1) is 17.4. The standard InChI is InChI=1S/C27H26F3N5O/c28-27(29,30)21-9-6-10-22(17-21)31-26(36)34-15-13-33(14-16-34)19-25-32-23-11-4-5-12-24(23)35(25)18-20-7-2-1-3-8-20/h1-12,17H,13-16,18-19H2,(H,31,36). The zero-order chi connectivity index (χ0) is 25.1. The van der Waals surface area contributed by atoms with Gasteiger partial charge < -0.3 is 14.8 Å². The normalized spacial score (nSPS) is 14.8. The first-order valence-corrected chi connectivity index (χ1v) is 11.8. The lowest BCUT2D eigenvalue weighted by molar-refractivity contribution is -0.137. The van der Waals surface area contributed by atoms with Gasteiger partial charge in [-0.05, 0) is 35.9 Å². The molecule has 186 valence electrons. The molecule has 5 rings (SSSR count). The Morgan fingerprint density at radius 2 is 1.58 bits per heavy atom. The fourth-order valence-corrected chi connectivity index (χ4v) is 4.47. The Labute approximate surface area is 207 Å². The van der Waals surface area contributed by atoms with Crippen molar-refractivity contribution < 1.29 is 18.0 Å². The molecule has 4 aromatic rings. The third-order valence-corrected chi connectivity index (χ3v) is 6.38. The number of alkyl halides is 3. The van der Waals surface area contributed by atoms with Gasteiger partial charge in [-0.3, -0.25) is 4.90 Å². The van der Waals surface area contributed by atoms with Crippen LogP contribution in [-0.4, -0.2) is 51.6 Å². The molecule has 0 spiro atoms. The van der Waals surface area contributed by atoms with Gasteiger partial charge in [0.15, 0.2) is 0 Å². The average Bonchev–Trinajstić information content (AvgIpc) is 3.21. The van der Waals surface area contributed by atoms with Gasteiger partial charge in [0, 0.05) is 38.4 Å². The molecule has 3 aromatic carbocycles. The molecule has 36 heavy (non-hydrogen) atoms. The summed E-state index contributed by atoms with van der Waals surface area (Å²) in [5, 5.41) is 2.59. The van der Waals surface area contributed by atoms with Crippen LogP contribution in [0.25, 0.3) is 11.0 Å². The molecule has 0 unspecified atom stereocenters. The van der Waals surface area contributed by atoms with Crippen LogP contribution in [-0.2, 0) is 19.3 Å². The van der Waals surface area contributed by atoms with Crippen molar-refractivity contribution in [1.29, 1.82) is 0 Å². The molecule has 1 saturated heterocycles. The molecule has 0 atom stereocenters. The minimum absolute atomic E-state index is 0.131. The number of hydrogen-bond donors (Lipinski definition) is 1. The number of nitrogens with zero attached hydrogens (tertiary/aromatic N) is 4. The zero-order valence-electron chi connectivity index (χ0n) is 19.6. The van der Waals surface area contributed by atoms with Gasteiger partial charge in [-0.15, -0.1) is 0 Å². The molecule has 0 bridgehead atoms. The lowest BCUT2D eigenvalue weighted by Crippen LogP contribution is -2.49. The summed E-state index contributed by atoms with van der Waals surface area (Å²) < 4.78 is 41.1. The van der Waals surface area contributed by atoms with Crippen LogP contribution in [0.5, 0.6) is 0 Å². The lowest BCUT2D eigenvalue weighted by atomic mass is 10.2. The SMILES string of the molecule is O=C(Nc1cccc(C(F)(F)F)c1)N1CCN(Cc2nc3ccccc3n2Cc2ccccc2)CC1. The molecule has 0 radical (unpaired) electrons. The highest BCUT2D eigenvalue weighted by atomic mass is 19.4.